The Balaban J connectivity index is 1.86. The molecule has 1 fully saturated rings. The summed E-state index contributed by atoms with van der Waals surface area (Å²) in [5.74, 6) is 0.309. The Morgan fingerprint density at radius 1 is 1.23 bits per heavy atom. The molecule has 0 bridgehead atoms. The van der Waals surface area contributed by atoms with Crippen molar-refractivity contribution in [1.82, 2.24) is 15.1 Å². The number of amides is 1. The van der Waals surface area contributed by atoms with E-state index in [4.69, 9.17) is 0 Å². The lowest BCUT2D eigenvalue weighted by atomic mass is 10.1. The highest BCUT2D eigenvalue weighted by Crippen LogP contribution is 2.15. The molecule has 122 valence electrons. The summed E-state index contributed by atoms with van der Waals surface area (Å²) in [5, 5.41) is 3.10. The zero-order valence-electron chi connectivity index (χ0n) is 13.9. The number of hydrogen-bond acceptors (Lipinski definition) is 3. The molecule has 1 atom stereocenters. The monoisotopic (exact) mass is 303 g/mol. The van der Waals surface area contributed by atoms with E-state index in [0.29, 0.717) is 18.4 Å². The summed E-state index contributed by atoms with van der Waals surface area (Å²) >= 11 is 0. The summed E-state index contributed by atoms with van der Waals surface area (Å²) in [6, 6.07) is 11.1. The standard InChI is InChI=1S/C18H29N3O/c1-16-10-12-20(18(22)9-6-11-19-2)13-14-21(16)15-17-7-4-3-5-8-17/h3-5,7-8,16,19H,6,9-15H2,1-2H3. The third-order valence-corrected chi connectivity index (χ3v) is 4.50. The molecule has 1 saturated heterocycles. The smallest absolute Gasteiger partial charge is 0.222 e. The van der Waals surface area contributed by atoms with Crippen molar-refractivity contribution in [3.63, 3.8) is 0 Å². The minimum atomic E-state index is 0.309. The fraction of sp³-hybridized carbons (Fsp3) is 0.611. The van der Waals surface area contributed by atoms with E-state index >= 15 is 0 Å². The minimum absolute atomic E-state index is 0.309. The van der Waals surface area contributed by atoms with Gasteiger partial charge in [0.15, 0.2) is 0 Å². The maximum Gasteiger partial charge on any atom is 0.222 e. The van der Waals surface area contributed by atoms with Crippen LogP contribution in [0.15, 0.2) is 30.3 Å². The first-order valence-corrected chi connectivity index (χ1v) is 8.41. The van der Waals surface area contributed by atoms with E-state index in [1.807, 2.05) is 7.05 Å². The molecular weight excluding hydrogens is 274 g/mol. The van der Waals surface area contributed by atoms with Crippen LogP contribution in [0.1, 0.15) is 31.7 Å². The number of nitrogens with zero attached hydrogens (tertiary/aromatic N) is 2. The Kier molecular flexibility index (Phi) is 6.87. The average molecular weight is 303 g/mol. The van der Waals surface area contributed by atoms with Crippen molar-refractivity contribution >= 4 is 5.91 Å². The summed E-state index contributed by atoms with van der Waals surface area (Å²) in [4.78, 5) is 16.8. The molecule has 1 aliphatic rings. The molecule has 1 aliphatic heterocycles. The normalized spacial score (nSPS) is 19.9. The van der Waals surface area contributed by atoms with Crippen molar-refractivity contribution in [2.24, 2.45) is 0 Å². The van der Waals surface area contributed by atoms with E-state index in [1.54, 1.807) is 0 Å². The molecule has 0 aliphatic carbocycles. The van der Waals surface area contributed by atoms with Gasteiger partial charge in [-0.1, -0.05) is 30.3 Å². The Hall–Kier alpha value is -1.39. The topological polar surface area (TPSA) is 35.6 Å². The SMILES string of the molecule is CNCCCC(=O)N1CCC(C)N(Cc2ccccc2)CC1. The van der Waals surface area contributed by atoms with Crippen LogP contribution in [0.25, 0.3) is 0 Å². The van der Waals surface area contributed by atoms with Crippen molar-refractivity contribution in [2.75, 3.05) is 33.2 Å². The predicted octanol–water partition coefficient (Wildman–Crippen LogP) is 2.11. The zero-order valence-corrected chi connectivity index (χ0v) is 13.9. The summed E-state index contributed by atoms with van der Waals surface area (Å²) in [6.07, 6.45) is 2.65. The molecule has 1 unspecified atom stereocenters. The van der Waals surface area contributed by atoms with Gasteiger partial charge in [-0.25, -0.2) is 0 Å². The summed E-state index contributed by atoms with van der Waals surface area (Å²) in [6.45, 7) is 6.88. The van der Waals surface area contributed by atoms with Gasteiger partial charge in [-0.3, -0.25) is 9.69 Å². The highest BCUT2D eigenvalue weighted by molar-refractivity contribution is 5.76. The lowest BCUT2D eigenvalue weighted by Gasteiger charge is -2.26. The van der Waals surface area contributed by atoms with Crippen molar-refractivity contribution < 1.29 is 4.79 Å². The molecule has 1 heterocycles. The van der Waals surface area contributed by atoms with E-state index in [2.05, 4.69) is 52.4 Å². The van der Waals surface area contributed by atoms with Crippen LogP contribution in [-0.4, -0.2) is 55.0 Å². The van der Waals surface area contributed by atoms with Gasteiger partial charge in [0.25, 0.3) is 0 Å². The largest absolute Gasteiger partial charge is 0.341 e. The number of hydrogen-bond donors (Lipinski definition) is 1. The van der Waals surface area contributed by atoms with E-state index in [1.165, 1.54) is 5.56 Å². The van der Waals surface area contributed by atoms with Crippen molar-refractivity contribution in [1.29, 1.82) is 0 Å². The summed E-state index contributed by atoms with van der Waals surface area (Å²) in [5.41, 5.74) is 1.35. The van der Waals surface area contributed by atoms with E-state index in [0.717, 1.165) is 45.6 Å². The van der Waals surface area contributed by atoms with Crippen molar-refractivity contribution in [3.8, 4) is 0 Å². The number of carbonyl (C=O) groups excluding carboxylic acids is 1. The van der Waals surface area contributed by atoms with E-state index < -0.39 is 0 Å². The van der Waals surface area contributed by atoms with Crippen LogP contribution in [0.4, 0.5) is 0 Å². The third kappa shape index (κ3) is 5.11. The van der Waals surface area contributed by atoms with Crippen LogP contribution in [0.3, 0.4) is 0 Å². The number of rotatable bonds is 6. The molecule has 4 nitrogen and oxygen atoms in total. The highest BCUT2D eigenvalue weighted by atomic mass is 16.2. The molecule has 0 radical (unpaired) electrons. The molecule has 0 saturated carbocycles. The van der Waals surface area contributed by atoms with Gasteiger partial charge >= 0.3 is 0 Å². The fourth-order valence-electron chi connectivity index (χ4n) is 2.98. The highest BCUT2D eigenvalue weighted by Gasteiger charge is 2.23. The van der Waals surface area contributed by atoms with Crippen LogP contribution in [0.5, 0.6) is 0 Å². The van der Waals surface area contributed by atoms with Gasteiger partial charge in [0.1, 0.15) is 0 Å². The van der Waals surface area contributed by atoms with Gasteiger partial charge in [0, 0.05) is 38.6 Å². The first kappa shape index (κ1) is 17.0. The minimum Gasteiger partial charge on any atom is -0.341 e. The maximum absolute atomic E-state index is 12.3. The van der Waals surface area contributed by atoms with Crippen molar-refractivity contribution in [3.05, 3.63) is 35.9 Å². The van der Waals surface area contributed by atoms with Crippen LogP contribution < -0.4 is 5.32 Å². The Bertz CT molecular complexity index is 449. The second-order valence-electron chi connectivity index (χ2n) is 6.18. The molecule has 1 aromatic rings. The summed E-state index contributed by atoms with van der Waals surface area (Å²) < 4.78 is 0. The van der Waals surface area contributed by atoms with Crippen LogP contribution >= 0.6 is 0 Å². The third-order valence-electron chi connectivity index (χ3n) is 4.50. The lowest BCUT2D eigenvalue weighted by molar-refractivity contribution is -0.131. The first-order valence-electron chi connectivity index (χ1n) is 8.41. The van der Waals surface area contributed by atoms with Gasteiger partial charge in [0.05, 0.1) is 0 Å². The second-order valence-corrected chi connectivity index (χ2v) is 6.18. The molecule has 1 N–H and O–H groups in total. The number of benzene rings is 1. The molecule has 22 heavy (non-hydrogen) atoms. The lowest BCUT2D eigenvalue weighted by Crippen LogP contribution is -2.36. The van der Waals surface area contributed by atoms with Gasteiger partial charge in [-0.05, 0) is 38.9 Å². The molecule has 1 amide bonds. The average Bonchev–Trinajstić information content (AvgIpc) is 2.71. The number of carbonyl (C=O) groups is 1. The van der Waals surface area contributed by atoms with Crippen LogP contribution in [-0.2, 0) is 11.3 Å². The molecule has 1 aromatic carbocycles. The molecule has 0 aromatic heterocycles. The molecule has 2 rings (SSSR count). The van der Waals surface area contributed by atoms with E-state index in [-0.39, 0.29) is 0 Å². The molecule has 4 heteroatoms. The number of nitrogens with one attached hydrogen (secondary N) is 1. The Labute approximate surface area is 134 Å². The van der Waals surface area contributed by atoms with Gasteiger partial charge in [-0.15, -0.1) is 0 Å². The quantitative estimate of drug-likeness (QED) is 0.818. The molecular formula is C18H29N3O. The van der Waals surface area contributed by atoms with Gasteiger partial charge in [0.2, 0.25) is 5.91 Å². The van der Waals surface area contributed by atoms with Gasteiger partial charge in [-0.2, -0.15) is 0 Å². The van der Waals surface area contributed by atoms with Crippen molar-refractivity contribution in [2.45, 2.75) is 38.8 Å². The predicted molar refractivity (Wildman–Crippen MR) is 90.7 cm³/mol. The van der Waals surface area contributed by atoms with Gasteiger partial charge < -0.3 is 10.2 Å². The molecule has 0 spiro atoms. The zero-order chi connectivity index (χ0) is 15.8. The summed E-state index contributed by atoms with van der Waals surface area (Å²) in [7, 11) is 1.93. The van der Waals surface area contributed by atoms with Crippen LogP contribution in [0.2, 0.25) is 0 Å². The maximum atomic E-state index is 12.3. The second kappa shape index (κ2) is 8.91. The first-order chi connectivity index (χ1) is 10.7. The van der Waals surface area contributed by atoms with Crippen LogP contribution in [0, 0.1) is 0 Å². The Morgan fingerprint density at radius 2 is 2.00 bits per heavy atom. The fourth-order valence-corrected chi connectivity index (χ4v) is 2.98. The Morgan fingerprint density at radius 3 is 2.73 bits per heavy atom. The van der Waals surface area contributed by atoms with E-state index in [9.17, 15) is 4.79 Å².